The highest BCUT2D eigenvalue weighted by Crippen LogP contribution is 2.45. The van der Waals surface area contributed by atoms with E-state index in [9.17, 15) is 0 Å². The third-order valence-electron chi connectivity index (χ3n) is 3.27. The first-order chi connectivity index (χ1) is 5.98. The lowest BCUT2D eigenvalue weighted by atomic mass is 9.97. The topological polar surface area (TPSA) is 45.3 Å². The monoisotopic (exact) mass is 186 g/mol. The molecular weight excluding hydrogens is 168 g/mol. The van der Waals surface area contributed by atoms with E-state index in [0.29, 0.717) is 6.10 Å². The molecule has 0 aromatic heterocycles. The maximum Gasteiger partial charge on any atom is 0.110 e. The molecule has 2 heterocycles. The van der Waals surface area contributed by atoms with Crippen molar-refractivity contribution in [2.75, 3.05) is 6.61 Å². The Morgan fingerprint density at radius 2 is 1.77 bits per heavy atom. The van der Waals surface area contributed by atoms with Gasteiger partial charge >= 0.3 is 0 Å². The largest absolute Gasteiger partial charge is 0.394 e. The summed E-state index contributed by atoms with van der Waals surface area (Å²) in [7, 11) is 0. The Morgan fingerprint density at radius 1 is 1.15 bits per heavy atom. The first-order valence-electron chi connectivity index (χ1n) is 4.94. The average molecular weight is 186 g/mol. The van der Waals surface area contributed by atoms with Gasteiger partial charge < -0.3 is 14.6 Å². The molecule has 0 spiro atoms. The Labute approximate surface area is 79.0 Å². The van der Waals surface area contributed by atoms with E-state index < -0.39 is 0 Å². The first kappa shape index (κ1) is 9.44. The molecule has 0 bridgehead atoms. The fraction of sp³-hybridized carbons (Fsp3) is 1.00. The minimum Gasteiger partial charge on any atom is -0.394 e. The number of aliphatic hydroxyl groups excluding tert-OH is 1. The van der Waals surface area contributed by atoms with Crippen LogP contribution < -0.4 is 0 Å². The number of aliphatic hydroxyl groups is 1. The van der Waals surface area contributed by atoms with E-state index in [2.05, 4.69) is 20.8 Å². The molecule has 76 valence electrons. The zero-order chi connectivity index (χ0) is 9.69. The highest BCUT2D eigenvalue weighted by molar-refractivity contribution is 5.02. The SMILES string of the molecule is CC1(C)O[C@@H]1CC[C@]1(C)O[C@H]1CO. The van der Waals surface area contributed by atoms with E-state index in [1.165, 1.54) is 0 Å². The number of epoxide rings is 2. The summed E-state index contributed by atoms with van der Waals surface area (Å²) in [4.78, 5) is 0. The van der Waals surface area contributed by atoms with Crippen molar-refractivity contribution in [1.82, 2.24) is 0 Å². The highest BCUT2D eigenvalue weighted by Gasteiger charge is 2.54. The average Bonchev–Trinajstić information content (AvgIpc) is 2.87. The first-order valence-corrected chi connectivity index (χ1v) is 4.94. The molecule has 0 aromatic rings. The predicted octanol–water partition coefficient (Wildman–Crippen LogP) is 1.09. The number of hydrogen-bond donors (Lipinski definition) is 1. The van der Waals surface area contributed by atoms with Crippen LogP contribution in [-0.2, 0) is 9.47 Å². The Bertz CT molecular complexity index is 214. The van der Waals surface area contributed by atoms with Crippen molar-refractivity contribution in [3.63, 3.8) is 0 Å². The van der Waals surface area contributed by atoms with Crippen molar-refractivity contribution in [3.05, 3.63) is 0 Å². The van der Waals surface area contributed by atoms with Crippen LogP contribution in [0.25, 0.3) is 0 Å². The number of rotatable bonds is 4. The summed E-state index contributed by atoms with van der Waals surface area (Å²) in [6.07, 6.45) is 2.49. The molecule has 1 N–H and O–H groups in total. The van der Waals surface area contributed by atoms with Crippen LogP contribution in [0.1, 0.15) is 33.6 Å². The van der Waals surface area contributed by atoms with Gasteiger partial charge in [-0.25, -0.2) is 0 Å². The van der Waals surface area contributed by atoms with Crippen molar-refractivity contribution in [2.24, 2.45) is 0 Å². The highest BCUT2D eigenvalue weighted by atomic mass is 16.6. The van der Waals surface area contributed by atoms with Crippen LogP contribution in [0.5, 0.6) is 0 Å². The van der Waals surface area contributed by atoms with Crippen LogP contribution in [0.3, 0.4) is 0 Å². The van der Waals surface area contributed by atoms with Gasteiger partial charge in [0.15, 0.2) is 0 Å². The molecule has 2 saturated heterocycles. The van der Waals surface area contributed by atoms with Crippen LogP contribution in [-0.4, -0.2) is 35.1 Å². The number of ether oxygens (including phenoxy) is 2. The molecule has 0 saturated carbocycles. The van der Waals surface area contributed by atoms with Crippen molar-refractivity contribution in [2.45, 2.75) is 57.0 Å². The summed E-state index contributed by atoms with van der Waals surface area (Å²) in [5.74, 6) is 0. The van der Waals surface area contributed by atoms with Crippen molar-refractivity contribution in [1.29, 1.82) is 0 Å². The normalized spacial score (nSPS) is 46.2. The van der Waals surface area contributed by atoms with Crippen LogP contribution >= 0.6 is 0 Å². The van der Waals surface area contributed by atoms with Crippen LogP contribution in [0.15, 0.2) is 0 Å². The molecule has 3 nitrogen and oxygen atoms in total. The standard InChI is InChI=1S/C10H18O3/c1-9(2)7(12-9)4-5-10(3)8(6-11)13-10/h7-8,11H,4-6H2,1-3H3/t7-,8+,10+/m1/s1. The van der Waals surface area contributed by atoms with Gasteiger partial charge in [-0.3, -0.25) is 0 Å². The molecule has 0 radical (unpaired) electrons. The van der Waals surface area contributed by atoms with Crippen LogP contribution in [0.2, 0.25) is 0 Å². The Balaban J connectivity index is 1.70. The Hall–Kier alpha value is -0.120. The maximum atomic E-state index is 8.87. The summed E-state index contributed by atoms with van der Waals surface area (Å²) in [5.41, 5.74) is 0.0107. The maximum absolute atomic E-state index is 8.87. The van der Waals surface area contributed by atoms with Gasteiger partial charge in [-0.15, -0.1) is 0 Å². The third kappa shape index (κ3) is 1.73. The van der Waals surface area contributed by atoms with Crippen molar-refractivity contribution < 1.29 is 14.6 Å². The second-order valence-electron chi connectivity index (χ2n) is 4.85. The molecule has 2 fully saturated rings. The van der Waals surface area contributed by atoms with E-state index in [1.807, 2.05) is 0 Å². The van der Waals surface area contributed by atoms with Gasteiger partial charge in [0.1, 0.15) is 6.10 Å². The number of hydrogen-bond acceptors (Lipinski definition) is 3. The lowest BCUT2D eigenvalue weighted by Gasteiger charge is -2.03. The van der Waals surface area contributed by atoms with Gasteiger partial charge in [-0.05, 0) is 33.6 Å². The second-order valence-corrected chi connectivity index (χ2v) is 4.85. The fourth-order valence-electron chi connectivity index (χ4n) is 1.90. The zero-order valence-corrected chi connectivity index (χ0v) is 8.54. The zero-order valence-electron chi connectivity index (χ0n) is 8.54. The molecule has 0 aliphatic carbocycles. The third-order valence-corrected chi connectivity index (χ3v) is 3.27. The molecule has 3 atom stereocenters. The summed E-state index contributed by atoms with van der Waals surface area (Å²) < 4.78 is 10.9. The van der Waals surface area contributed by atoms with E-state index in [0.717, 1.165) is 12.8 Å². The Morgan fingerprint density at radius 3 is 2.15 bits per heavy atom. The molecule has 13 heavy (non-hydrogen) atoms. The van der Waals surface area contributed by atoms with Gasteiger partial charge in [-0.2, -0.15) is 0 Å². The van der Waals surface area contributed by atoms with E-state index >= 15 is 0 Å². The van der Waals surface area contributed by atoms with E-state index in [-0.39, 0.29) is 23.9 Å². The molecule has 2 rings (SSSR count). The van der Waals surface area contributed by atoms with E-state index in [4.69, 9.17) is 14.6 Å². The minimum absolute atomic E-state index is 0.0642. The predicted molar refractivity (Wildman–Crippen MR) is 48.5 cm³/mol. The lowest BCUT2D eigenvalue weighted by Crippen LogP contribution is -2.14. The van der Waals surface area contributed by atoms with Crippen molar-refractivity contribution >= 4 is 0 Å². The summed E-state index contributed by atoms with van der Waals surface area (Å²) in [5, 5.41) is 8.87. The van der Waals surface area contributed by atoms with Crippen LogP contribution in [0, 0.1) is 0 Å². The van der Waals surface area contributed by atoms with Crippen molar-refractivity contribution in [3.8, 4) is 0 Å². The van der Waals surface area contributed by atoms with Gasteiger partial charge in [0, 0.05) is 0 Å². The fourth-order valence-corrected chi connectivity index (χ4v) is 1.90. The quantitative estimate of drug-likeness (QED) is 0.668. The molecule has 3 heteroatoms. The molecular formula is C10H18O3. The molecule has 0 amide bonds. The van der Waals surface area contributed by atoms with Gasteiger partial charge in [0.2, 0.25) is 0 Å². The molecule has 2 aliphatic heterocycles. The Kier molecular flexibility index (Phi) is 1.95. The molecule has 0 aromatic carbocycles. The summed E-state index contributed by atoms with van der Waals surface area (Å²) in [6, 6.07) is 0. The summed E-state index contributed by atoms with van der Waals surface area (Å²) in [6.45, 7) is 6.42. The lowest BCUT2D eigenvalue weighted by molar-refractivity contribution is 0.233. The summed E-state index contributed by atoms with van der Waals surface area (Å²) >= 11 is 0. The molecule has 0 unspecified atom stereocenters. The smallest absolute Gasteiger partial charge is 0.110 e. The molecule has 2 aliphatic rings. The van der Waals surface area contributed by atoms with E-state index in [1.54, 1.807) is 0 Å². The second kappa shape index (κ2) is 2.69. The van der Waals surface area contributed by atoms with Crippen LogP contribution in [0.4, 0.5) is 0 Å². The minimum atomic E-state index is -0.0726. The van der Waals surface area contributed by atoms with Gasteiger partial charge in [-0.1, -0.05) is 0 Å². The van der Waals surface area contributed by atoms with Gasteiger partial charge in [0.25, 0.3) is 0 Å². The van der Waals surface area contributed by atoms with Gasteiger partial charge in [0.05, 0.1) is 23.9 Å².